The molecule has 1 N–H and O–H groups in total. The van der Waals surface area contributed by atoms with Crippen molar-refractivity contribution in [1.29, 1.82) is 0 Å². The maximum atomic E-state index is 5.06. The van der Waals surface area contributed by atoms with Gasteiger partial charge < -0.3 is 10.2 Å². The molecule has 0 spiro atoms. The van der Waals surface area contributed by atoms with Crippen LogP contribution in [0.1, 0.15) is 19.7 Å². The maximum Gasteiger partial charge on any atom is 0.210 e. The van der Waals surface area contributed by atoms with Crippen molar-refractivity contribution in [1.82, 2.24) is 14.9 Å². The third kappa shape index (κ3) is 2.32. The quantitative estimate of drug-likeness (QED) is 0.858. The van der Waals surface area contributed by atoms with E-state index in [1.54, 1.807) is 18.9 Å². The molecule has 1 aromatic heterocycles. The van der Waals surface area contributed by atoms with Gasteiger partial charge in [-0.1, -0.05) is 25.6 Å². The summed E-state index contributed by atoms with van der Waals surface area (Å²) in [4.78, 5) is 0. The number of rotatable bonds is 4. The molecule has 5 nitrogen and oxygen atoms in total. The minimum absolute atomic E-state index is 0.481. The van der Waals surface area contributed by atoms with Crippen molar-refractivity contribution in [2.45, 2.75) is 31.5 Å². The van der Waals surface area contributed by atoms with Crippen molar-refractivity contribution in [2.75, 3.05) is 24.9 Å². The smallest absolute Gasteiger partial charge is 0.210 e. The van der Waals surface area contributed by atoms with Crippen molar-refractivity contribution in [3.8, 4) is 0 Å². The summed E-state index contributed by atoms with van der Waals surface area (Å²) >= 11 is 1.77. The second-order valence-electron chi connectivity index (χ2n) is 4.27. The molecule has 2 rings (SSSR count). The molecule has 0 aromatic carbocycles. The Hall–Kier alpha value is -0.750. The average Bonchev–Trinajstić information content (AvgIpc) is 2.68. The van der Waals surface area contributed by atoms with E-state index >= 15 is 0 Å². The standard InChI is InChI=1S/C10H18N4OS/c1-7(2)8-6-16-10-12-11-9(4-5-15-3)14(10)13-8/h7-8,13H,4-6H2,1-3H3. The van der Waals surface area contributed by atoms with Crippen molar-refractivity contribution in [3.63, 3.8) is 0 Å². The molecule has 0 amide bonds. The molecule has 0 aliphatic carbocycles. The van der Waals surface area contributed by atoms with E-state index in [4.69, 9.17) is 4.74 Å². The van der Waals surface area contributed by atoms with Gasteiger partial charge in [0.25, 0.3) is 0 Å². The predicted octanol–water partition coefficient (Wildman–Crippen LogP) is 1.14. The van der Waals surface area contributed by atoms with E-state index in [1.165, 1.54) is 0 Å². The molecule has 90 valence electrons. The molecule has 0 radical (unpaired) electrons. The average molecular weight is 242 g/mol. The first-order valence-electron chi connectivity index (χ1n) is 5.55. The van der Waals surface area contributed by atoms with Crippen molar-refractivity contribution in [3.05, 3.63) is 5.82 Å². The van der Waals surface area contributed by atoms with Crippen LogP contribution < -0.4 is 5.43 Å². The number of hydrogen-bond donors (Lipinski definition) is 1. The van der Waals surface area contributed by atoms with Crippen LogP contribution in [0, 0.1) is 5.92 Å². The van der Waals surface area contributed by atoms with E-state index in [0.717, 1.165) is 23.2 Å². The van der Waals surface area contributed by atoms with Crippen LogP contribution >= 0.6 is 11.8 Å². The Balaban J connectivity index is 2.11. The number of fused-ring (bicyclic) bond motifs is 1. The van der Waals surface area contributed by atoms with E-state index < -0.39 is 0 Å². The largest absolute Gasteiger partial charge is 0.384 e. The van der Waals surface area contributed by atoms with Gasteiger partial charge in [-0.25, -0.2) is 4.68 Å². The van der Waals surface area contributed by atoms with Gasteiger partial charge in [0.1, 0.15) is 0 Å². The first-order valence-corrected chi connectivity index (χ1v) is 6.53. The molecule has 2 heterocycles. The topological polar surface area (TPSA) is 52.0 Å². The lowest BCUT2D eigenvalue weighted by Gasteiger charge is -2.28. The number of hydrogen-bond acceptors (Lipinski definition) is 5. The zero-order valence-corrected chi connectivity index (χ0v) is 10.8. The molecule has 1 unspecified atom stereocenters. The van der Waals surface area contributed by atoms with E-state index in [2.05, 4.69) is 29.5 Å². The van der Waals surface area contributed by atoms with E-state index in [-0.39, 0.29) is 0 Å². The summed E-state index contributed by atoms with van der Waals surface area (Å²) in [7, 11) is 1.70. The van der Waals surface area contributed by atoms with Crippen LogP contribution in [-0.4, -0.2) is 40.4 Å². The van der Waals surface area contributed by atoms with Gasteiger partial charge >= 0.3 is 0 Å². The number of thioether (sulfide) groups is 1. The molecule has 1 aromatic rings. The van der Waals surface area contributed by atoms with E-state index in [0.29, 0.717) is 18.6 Å². The molecule has 16 heavy (non-hydrogen) atoms. The van der Waals surface area contributed by atoms with Gasteiger partial charge in [0.15, 0.2) is 5.82 Å². The Bertz CT molecular complexity index is 353. The Morgan fingerprint density at radius 3 is 3.06 bits per heavy atom. The summed E-state index contributed by atoms with van der Waals surface area (Å²) in [5.74, 6) is 2.62. The Kier molecular flexibility index (Phi) is 3.70. The highest BCUT2D eigenvalue weighted by atomic mass is 32.2. The normalized spacial score (nSPS) is 19.6. The fraction of sp³-hybridized carbons (Fsp3) is 0.800. The molecule has 1 atom stereocenters. The second-order valence-corrected chi connectivity index (χ2v) is 5.25. The summed E-state index contributed by atoms with van der Waals surface area (Å²) in [6, 6.07) is 0.481. The first kappa shape index (κ1) is 11.7. The minimum atomic E-state index is 0.481. The van der Waals surface area contributed by atoms with Gasteiger partial charge in [0.2, 0.25) is 5.16 Å². The third-order valence-corrected chi connectivity index (χ3v) is 3.77. The number of aromatic nitrogens is 3. The van der Waals surface area contributed by atoms with Crippen molar-refractivity contribution < 1.29 is 4.74 Å². The highest BCUT2D eigenvalue weighted by Crippen LogP contribution is 2.24. The fourth-order valence-corrected chi connectivity index (χ4v) is 2.76. The van der Waals surface area contributed by atoms with Gasteiger partial charge in [0.05, 0.1) is 12.6 Å². The number of methoxy groups -OCH3 is 1. The monoisotopic (exact) mass is 242 g/mol. The summed E-state index contributed by atoms with van der Waals surface area (Å²) in [5.41, 5.74) is 3.47. The number of nitrogens with zero attached hydrogens (tertiary/aromatic N) is 3. The molecule has 0 saturated carbocycles. The van der Waals surface area contributed by atoms with Crippen molar-refractivity contribution >= 4 is 11.8 Å². The lowest BCUT2D eigenvalue weighted by Crippen LogP contribution is -2.39. The molecule has 6 heteroatoms. The Morgan fingerprint density at radius 2 is 2.38 bits per heavy atom. The van der Waals surface area contributed by atoms with E-state index in [1.807, 2.05) is 4.68 Å². The Morgan fingerprint density at radius 1 is 1.56 bits per heavy atom. The predicted molar refractivity (Wildman–Crippen MR) is 64.3 cm³/mol. The lowest BCUT2D eigenvalue weighted by molar-refractivity contribution is 0.199. The molecule has 0 saturated heterocycles. The van der Waals surface area contributed by atoms with Crippen LogP contribution in [0.2, 0.25) is 0 Å². The molecule has 0 bridgehead atoms. The van der Waals surface area contributed by atoms with E-state index in [9.17, 15) is 0 Å². The SMILES string of the molecule is COCCc1nnc2n1NC(C(C)C)CS2. The van der Waals surface area contributed by atoms with Crippen LogP contribution in [0.4, 0.5) is 0 Å². The fourth-order valence-electron chi connectivity index (χ4n) is 1.59. The zero-order chi connectivity index (χ0) is 11.5. The van der Waals surface area contributed by atoms with Crippen LogP contribution in [0.5, 0.6) is 0 Å². The molecular formula is C10H18N4OS. The van der Waals surface area contributed by atoms with Crippen LogP contribution in [0.3, 0.4) is 0 Å². The van der Waals surface area contributed by atoms with Crippen LogP contribution in [0.15, 0.2) is 5.16 Å². The summed E-state index contributed by atoms with van der Waals surface area (Å²) in [6.45, 7) is 5.13. The maximum absolute atomic E-state index is 5.06. The zero-order valence-electron chi connectivity index (χ0n) is 9.93. The third-order valence-electron chi connectivity index (χ3n) is 2.72. The lowest BCUT2D eigenvalue weighted by atomic mass is 10.1. The van der Waals surface area contributed by atoms with Gasteiger partial charge in [0, 0.05) is 19.3 Å². The minimum Gasteiger partial charge on any atom is -0.384 e. The molecule has 0 fully saturated rings. The highest BCUT2D eigenvalue weighted by molar-refractivity contribution is 7.99. The number of ether oxygens (including phenoxy) is 1. The van der Waals surface area contributed by atoms with Gasteiger partial charge in [-0.2, -0.15) is 0 Å². The second kappa shape index (κ2) is 5.05. The molecular weight excluding hydrogens is 224 g/mol. The molecule has 1 aliphatic rings. The summed E-state index contributed by atoms with van der Waals surface area (Å²) in [5, 5.41) is 9.30. The van der Waals surface area contributed by atoms with Gasteiger partial charge in [-0.15, -0.1) is 10.2 Å². The van der Waals surface area contributed by atoms with Crippen LogP contribution in [-0.2, 0) is 11.2 Å². The first-order chi connectivity index (χ1) is 7.72. The van der Waals surface area contributed by atoms with Gasteiger partial charge in [-0.05, 0) is 5.92 Å². The summed E-state index contributed by atoms with van der Waals surface area (Å²) in [6.07, 6.45) is 0.794. The number of nitrogens with one attached hydrogen (secondary N) is 1. The van der Waals surface area contributed by atoms with Crippen LogP contribution in [0.25, 0.3) is 0 Å². The Labute approximate surface area is 99.9 Å². The molecule has 1 aliphatic heterocycles. The highest BCUT2D eigenvalue weighted by Gasteiger charge is 2.24. The van der Waals surface area contributed by atoms with Crippen molar-refractivity contribution in [2.24, 2.45) is 5.92 Å². The summed E-state index contributed by atoms with van der Waals surface area (Å²) < 4.78 is 7.08. The van der Waals surface area contributed by atoms with Gasteiger partial charge in [-0.3, -0.25) is 0 Å².